The number of nitrogens with zero attached hydrogens (tertiary/aromatic N) is 4. The number of amides is 2. The van der Waals surface area contributed by atoms with Crippen LogP contribution in [0.3, 0.4) is 0 Å². The molecule has 2 aliphatic heterocycles. The maximum atomic E-state index is 12.4. The third kappa shape index (κ3) is 4.76. The maximum absolute atomic E-state index is 12.4. The molecular weight excluding hydrogens is 458 g/mol. The van der Waals surface area contributed by atoms with Crippen molar-refractivity contribution in [1.29, 1.82) is 5.26 Å². The molecule has 0 unspecified atom stereocenters. The van der Waals surface area contributed by atoms with Crippen LogP contribution in [0, 0.1) is 18.3 Å². The van der Waals surface area contributed by atoms with Crippen LogP contribution >= 0.6 is 11.6 Å². The molecular formula is C23H26ClN7O3. The van der Waals surface area contributed by atoms with Crippen molar-refractivity contribution in [3.8, 4) is 6.07 Å². The van der Waals surface area contributed by atoms with Crippen LogP contribution in [0.1, 0.15) is 54.0 Å². The van der Waals surface area contributed by atoms with E-state index in [0.717, 1.165) is 5.69 Å². The monoisotopic (exact) mass is 483 g/mol. The molecule has 0 bridgehead atoms. The Kier molecular flexibility index (Phi) is 6.59. The van der Waals surface area contributed by atoms with E-state index in [4.69, 9.17) is 21.6 Å². The molecule has 1 aromatic carbocycles. The van der Waals surface area contributed by atoms with Crippen molar-refractivity contribution >= 4 is 29.3 Å². The molecule has 0 radical (unpaired) electrons. The summed E-state index contributed by atoms with van der Waals surface area (Å²) in [6, 6.07) is 8.66. The number of nitriles is 1. The number of aromatic amines is 1. The Hall–Kier alpha value is -3.42. The van der Waals surface area contributed by atoms with Gasteiger partial charge in [-0.25, -0.2) is 10.2 Å². The predicted molar refractivity (Wildman–Crippen MR) is 126 cm³/mol. The van der Waals surface area contributed by atoms with Crippen LogP contribution in [0.2, 0.25) is 5.02 Å². The summed E-state index contributed by atoms with van der Waals surface area (Å²) in [4.78, 5) is 26.8. The molecule has 1 saturated heterocycles. The van der Waals surface area contributed by atoms with E-state index < -0.39 is 11.7 Å². The molecule has 0 saturated carbocycles. The van der Waals surface area contributed by atoms with E-state index in [1.165, 1.54) is 0 Å². The number of likely N-dealkylation sites (tertiary alicyclic amines) is 1. The first-order chi connectivity index (χ1) is 16.2. The van der Waals surface area contributed by atoms with Crippen molar-refractivity contribution in [2.24, 2.45) is 5.10 Å². The number of rotatable bonds is 5. The standard InChI is InChI=1S/C23H26ClN7O3/c1-13-8-19(28-27-13)21(32)26-14(2)12-31-7-6-23(10-15(31)3)20(29-30-22(33)34-23)17-5-4-16(11-25)9-18(17)24/h4-5,8-9,14-15H,6-7,10,12H2,1-3H3,(H,26,32)(H,27,28)(H,30,33)/t14-,15+,23-/m0/s1. The van der Waals surface area contributed by atoms with Gasteiger partial charge in [0.25, 0.3) is 5.91 Å². The van der Waals surface area contributed by atoms with E-state index in [1.807, 2.05) is 13.8 Å². The van der Waals surface area contributed by atoms with Crippen molar-refractivity contribution in [2.45, 2.75) is 51.3 Å². The number of hydrogen-bond acceptors (Lipinski definition) is 7. The number of benzene rings is 1. The summed E-state index contributed by atoms with van der Waals surface area (Å²) < 4.78 is 5.83. The Bertz CT molecular complexity index is 1190. The summed E-state index contributed by atoms with van der Waals surface area (Å²) in [5.74, 6) is -0.227. The SMILES string of the molecule is Cc1cc(C(=O)N[C@@H](C)CN2CC[C@@]3(C[C@H]2C)OC(=O)NN=C3c2ccc(C#N)cc2Cl)n[nH]1. The number of halogens is 1. The molecule has 1 spiro atoms. The Morgan fingerprint density at radius 2 is 2.26 bits per heavy atom. The highest BCUT2D eigenvalue weighted by molar-refractivity contribution is 6.35. The van der Waals surface area contributed by atoms with Crippen LogP contribution in [-0.2, 0) is 4.74 Å². The number of nitrogens with one attached hydrogen (secondary N) is 3. The molecule has 0 aliphatic carbocycles. The minimum Gasteiger partial charge on any atom is -0.435 e. The van der Waals surface area contributed by atoms with Gasteiger partial charge in [-0.3, -0.25) is 14.8 Å². The van der Waals surface area contributed by atoms with Gasteiger partial charge in [0.1, 0.15) is 11.4 Å². The van der Waals surface area contributed by atoms with Crippen molar-refractivity contribution in [2.75, 3.05) is 13.1 Å². The molecule has 3 N–H and O–H groups in total. The van der Waals surface area contributed by atoms with Gasteiger partial charge in [-0.2, -0.15) is 15.5 Å². The smallest absolute Gasteiger partial charge is 0.428 e. The summed E-state index contributed by atoms with van der Waals surface area (Å²) in [5, 5.41) is 23.6. The lowest BCUT2D eigenvalue weighted by Crippen LogP contribution is -2.60. The van der Waals surface area contributed by atoms with Crippen molar-refractivity contribution in [3.05, 3.63) is 51.8 Å². The quantitative estimate of drug-likeness (QED) is 0.598. The van der Waals surface area contributed by atoms with Crippen LogP contribution in [-0.4, -0.2) is 63.6 Å². The first-order valence-electron chi connectivity index (χ1n) is 11.0. The van der Waals surface area contributed by atoms with Crippen LogP contribution in [0.15, 0.2) is 29.4 Å². The number of aryl methyl sites for hydroxylation is 1. The lowest BCUT2D eigenvalue weighted by molar-refractivity contribution is -0.0155. The number of carbonyl (C=O) groups excluding carboxylic acids is 2. The van der Waals surface area contributed by atoms with E-state index in [1.54, 1.807) is 24.3 Å². The molecule has 3 atom stereocenters. The van der Waals surface area contributed by atoms with Gasteiger partial charge < -0.3 is 10.1 Å². The second-order valence-electron chi connectivity index (χ2n) is 8.87. The van der Waals surface area contributed by atoms with Gasteiger partial charge in [-0.05, 0) is 39.0 Å². The largest absolute Gasteiger partial charge is 0.435 e. The van der Waals surface area contributed by atoms with Gasteiger partial charge in [0, 0.05) is 49.3 Å². The van der Waals surface area contributed by atoms with Gasteiger partial charge >= 0.3 is 6.09 Å². The fourth-order valence-corrected chi connectivity index (χ4v) is 4.87. The van der Waals surface area contributed by atoms with Gasteiger partial charge in [-0.1, -0.05) is 17.7 Å². The summed E-state index contributed by atoms with van der Waals surface area (Å²) in [6.45, 7) is 7.10. The molecule has 2 aromatic rings. The highest BCUT2D eigenvalue weighted by Crippen LogP contribution is 2.37. The molecule has 34 heavy (non-hydrogen) atoms. The molecule has 2 amide bonds. The van der Waals surface area contributed by atoms with Crippen molar-refractivity contribution in [1.82, 2.24) is 25.8 Å². The highest BCUT2D eigenvalue weighted by atomic mass is 35.5. The van der Waals surface area contributed by atoms with Crippen LogP contribution in [0.4, 0.5) is 4.79 Å². The highest BCUT2D eigenvalue weighted by Gasteiger charge is 2.48. The lowest BCUT2D eigenvalue weighted by Gasteiger charge is -2.47. The number of ether oxygens (including phenoxy) is 1. The maximum Gasteiger partial charge on any atom is 0.428 e. The van der Waals surface area contributed by atoms with Gasteiger partial charge in [-0.15, -0.1) is 0 Å². The predicted octanol–water partition coefficient (Wildman–Crippen LogP) is 2.73. The molecule has 11 heteroatoms. The number of hydrazone groups is 1. The third-order valence-electron chi connectivity index (χ3n) is 6.21. The first-order valence-corrected chi connectivity index (χ1v) is 11.4. The lowest BCUT2D eigenvalue weighted by atomic mass is 9.79. The van der Waals surface area contributed by atoms with Crippen LogP contribution in [0.5, 0.6) is 0 Å². The average molecular weight is 484 g/mol. The zero-order chi connectivity index (χ0) is 24.5. The Morgan fingerprint density at radius 3 is 2.91 bits per heavy atom. The number of H-pyrrole nitrogens is 1. The first kappa shape index (κ1) is 23.7. The fraction of sp³-hybridized carbons (Fsp3) is 0.435. The van der Waals surface area contributed by atoms with E-state index in [-0.39, 0.29) is 18.0 Å². The summed E-state index contributed by atoms with van der Waals surface area (Å²) >= 11 is 6.46. The second-order valence-corrected chi connectivity index (χ2v) is 9.28. The minimum atomic E-state index is -0.935. The van der Waals surface area contributed by atoms with Gasteiger partial charge in [0.15, 0.2) is 5.60 Å². The molecule has 2 aliphatic rings. The summed E-state index contributed by atoms with van der Waals surface area (Å²) in [6.07, 6.45) is 0.414. The van der Waals surface area contributed by atoms with E-state index in [2.05, 4.69) is 43.9 Å². The number of piperidine rings is 1. The van der Waals surface area contributed by atoms with Gasteiger partial charge in [0.2, 0.25) is 0 Å². The van der Waals surface area contributed by atoms with E-state index >= 15 is 0 Å². The summed E-state index contributed by atoms with van der Waals surface area (Å²) in [5.41, 5.74) is 4.24. The minimum absolute atomic E-state index is 0.0361. The topological polar surface area (TPSA) is 136 Å². The zero-order valence-corrected chi connectivity index (χ0v) is 19.9. The average Bonchev–Trinajstić information content (AvgIpc) is 3.23. The third-order valence-corrected chi connectivity index (χ3v) is 6.52. The molecule has 178 valence electrons. The van der Waals surface area contributed by atoms with Crippen LogP contribution < -0.4 is 10.7 Å². The Balaban J connectivity index is 1.47. The summed E-state index contributed by atoms with van der Waals surface area (Å²) in [7, 11) is 0. The second kappa shape index (κ2) is 9.44. The molecule has 1 aromatic heterocycles. The molecule has 3 heterocycles. The van der Waals surface area contributed by atoms with E-state index in [9.17, 15) is 9.59 Å². The van der Waals surface area contributed by atoms with Crippen LogP contribution in [0.25, 0.3) is 0 Å². The van der Waals surface area contributed by atoms with E-state index in [0.29, 0.717) is 53.5 Å². The Labute approximate surface area is 202 Å². The Morgan fingerprint density at radius 1 is 1.47 bits per heavy atom. The number of carbonyl (C=O) groups is 2. The van der Waals surface area contributed by atoms with Crippen molar-refractivity contribution in [3.63, 3.8) is 0 Å². The zero-order valence-electron chi connectivity index (χ0n) is 19.2. The molecule has 1 fully saturated rings. The number of aromatic nitrogens is 2. The number of hydrogen-bond donors (Lipinski definition) is 3. The normalized spacial score (nSPS) is 23.4. The fourth-order valence-electron chi connectivity index (χ4n) is 4.60. The molecule has 10 nitrogen and oxygen atoms in total. The van der Waals surface area contributed by atoms with Crippen molar-refractivity contribution < 1.29 is 14.3 Å². The molecule has 4 rings (SSSR count). The van der Waals surface area contributed by atoms with Gasteiger partial charge in [0.05, 0.1) is 16.7 Å².